The first-order valence-corrected chi connectivity index (χ1v) is 10.2. The maximum atomic E-state index is 12.5. The van der Waals surface area contributed by atoms with Gasteiger partial charge in [0.15, 0.2) is 0 Å². The zero-order valence-corrected chi connectivity index (χ0v) is 16.4. The molecular formula is C21H28N4O3. The van der Waals surface area contributed by atoms with Crippen molar-refractivity contribution in [1.29, 1.82) is 0 Å². The molecule has 1 aromatic heterocycles. The molecule has 2 unspecified atom stereocenters. The topological polar surface area (TPSA) is 80.5 Å². The van der Waals surface area contributed by atoms with Crippen molar-refractivity contribution in [3.05, 3.63) is 35.7 Å². The number of hydrogen-bond acceptors (Lipinski definition) is 6. The summed E-state index contributed by atoms with van der Waals surface area (Å²) < 4.78 is 11.1. The van der Waals surface area contributed by atoms with Crippen molar-refractivity contribution in [1.82, 2.24) is 20.4 Å². The minimum Gasteiger partial charge on any atom is -0.376 e. The molecule has 0 radical (unpaired) electrons. The number of carbonyl (C=O) groups is 1. The van der Waals surface area contributed by atoms with Crippen LogP contribution in [-0.4, -0.2) is 53.3 Å². The largest absolute Gasteiger partial charge is 0.376 e. The van der Waals surface area contributed by atoms with Crippen molar-refractivity contribution in [2.24, 2.45) is 5.92 Å². The van der Waals surface area contributed by atoms with E-state index in [0.29, 0.717) is 24.8 Å². The zero-order valence-electron chi connectivity index (χ0n) is 16.4. The van der Waals surface area contributed by atoms with Gasteiger partial charge in [0, 0.05) is 25.3 Å². The van der Waals surface area contributed by atoms with E-state index in [-0.39, 0.29) is 17.9 Å². The number of likely N-dealkylation sites (tertiary alicyclic amines) is 1. The van der Waals surface area contributed by atoms with Gasteiger partial charge in [0.25, 0.3) is 0 Å². The molecule has 1 N–H and O–H groups in total. The van der Waals surface area contributed by atoms with E-state index in [2.05, 4.69) is 20.4 Å². The second kappa shape index (κ2) is 8.84. The van der Waals surface area contributed by atoms with E-state index in [1.54, 1.807) is 0 Å². The van der Waals surface area contributed by atoms with Crippen LogP contribution in [0.25, 0.3) is 11.4 Å². The molecule has 7 heteroatoms. The van der Waals surface area contributed by atoms with Gasteiger partial charge in [-0.2, -0.15) is 4.98 Å². The van der Waals surface area contributed by atoms with E-state index in [9.17, 15) is 4.79 Å². The van der Waals surface area contributed by atoms with Crippen LogP contribution in [0.2, 0.25) is 0 Å². The van der Waals surface area contributed by atoms with E-state index < -0.39 is 0 Å². The highest BCUT2D eigenvalue weighted by Gasteiger charge is 2.27. The van der Waals surface area contributed by atoms with Crippen LogP contribution in [0.1, 0.15) is 37.1 Å². The van der Waals surface area contributed by atoms with Crippen molar-refractivity contribution >= 4 is 5.91 Å². The van der Waals surface area contributed by atoms with Crippen LogP contribution in [-0.2, 0) is 16.1 Å². The molecule has 150 valence electrons. The number of nitrogens with zero attached hydrogens (tertiary/aromatic N) is 3. The Morgan fingerprint density at radius 3 is 3.00 bits per heavy atom. The average Bonchev–Trinajstić information content (AvgIpc) is 3.39. The predicted octanol–water partition coefficient (Wildman–Crippen LogP) is 2.55. The monoisotopic (exact) mass is 384 g/mol. The first-order chi connectivity index (χ1) is 13.7. The molecule has 2 aliphatic rings. The number of piperidine rings is 1. The number of aryl methyl sites for hydroxylation is 1. The summed E-state index contributed by atoms with van der Waals surface area (Å²) >= 11 is 0. The molecule has 0 bridgehead atoms. The van der Waals surface area contributed by atoms with Gasteiger partial charge >= 0.3 is 0 Å². The molecular weight excluding hydrogens is 356 g/mol. The highest BCUT2D eigenvalue weighted by Crippen LogP contribution is 2.22. The van der Waals surface area contributed by atoms with Crippen molar-refractivity contribution in [3.8, 4) is 11.4 Å². The first kappa shape index (κ1) is 19.1. The van der Waals surface area contributed by atoms with E-state index >= 15 is 0 Å². The summed E-state index contributed by atoms with van der Waals surface area (Å²) in [6.07, 6.45) is 4.23. The second-order valence-electron chi connectivity index (χ2n) is 7.78. The molecule has 1 amide bonds. The van der Waals surface area contributed by atoms with E-state index in [4.69, 9.17) is 9.26 Å². The Morgan fingerprint density at radius 2 is 2.18 bits per heavy atom. The Balaban J connectivity index is 1.31. The van der Waals surface area contributed by atoms with Gasteiger partial charge in [-0.05, 0) is 44.7 Å². The summed E-state index contributed by atoms with van der Waals surface area (Å²) in [5, 5.41) is 7.20. The lowest BCUT2D eigenvalue weighted by molar-refractivity contribution is -0.127. The summed E-state index contributed by atoms with van der Waals surface area (Å²) in [6, 6.07) is 8.01. The zero-order chi connectivity index (χ0) is 19.3. The number of ether oxygens (including phenoxy) is 1. The van der Waals surface area contributed by atoms with Crippen LogP contribution in [0.4, 0.5) is 0 Å². The number of rotatable bonds is 6. The number of aromatic nitrogens is 2. The smallest absolute Gasteiger partial charge is 0.241 e. The Bertz CT molecular complexity index is 800. The molecule has 2 atom stereocenters. The molecule has 0 saturated carbocycles. The highest BCUT2D eigenvalue weighted by atomic mass is 16.5. The lowest BCUT2D eigenvalue weighted by Crippen LogP contribution is -2.44. The van der Waals surface area contributed by atoms with E-state index in [0.717, 1.165) is 56.5 Å². The molecule has 7 nitrogen and oxygen atoms in total. The number of nitrogens with one attached hydrogen (secondary N) is 1. The standard InChI is InChI=1S/C21H28N4O3/c1-15-6-2-3-9-18(15)20-23-19(28-24-20)14-25-10-4-7-16(13-25)21(26)22-12-17-8-5-11-27-17/h2-3,6,9,16-17H,4-5,7-8,10-14H2,1H3,(H,22,26). The third-order valence-corrected chi connectivity index (χ3v) is 5.62. The van der Waals surface area contributed by atoms with E-state index in [1.165, 1.54) is 0 Å². The van der Waals surface area contributed by atoms with E-state index in [1.807, 2.05) is 31.2 Å². The summed E-state index contributed by atoms with van der Waals surface area (Å²) in [5.41, 5.74) is 2.11. The minimum absolute atomic E-state index is 0.00825. The van der Waals surface area contributed by atoms with Crippen molar-refractivity contribution in [2.75, 3.05) is 26.2 Å². The van der Waals surface area contributed by atoms with Crippen molar-refractivity contribution in [3.63, 3.8) is 0 Å². The van der Waals surface area contributed by atoms with Gasteiger partial charge < -0.3 is 14.6 Å². The van der Waals surface area contributed by atoms with Gasteiger partial charge in [0.2, 0.25) is 17.6 Å². The Hall–Kier alpha value is -2.25. The van der Waals surface area contributed by atoms with Crippen LogP contribution in [0.15, 0.2) is 28.8 Å². The van der Waals surface area contributed by atoms with Gasteiger partial charge in [-0.1, -0.05) is 29.4 Å². The summed E-state index contributed by atoms with van der Waals surface area (Å²) in [5.74, 6) is 1.36. The first-order valence-electron chi connectivity index (χ1n) is 10.2. The fourth-order valence-electron chi connectivity index (χ4n) is 4.02. The second-order valence-corrected chi connectivity index (χ2v) is 7.78. The molecule has 0 aliphatic carbocycles. The maximum absolute atomic E-state index is 12.5. The van der Waals surface area contributed by atoms with Gasteiger partial charge in [-0.15, -0.1) is 0 Å². The highest BCUT2D eigenvalue weighted by molar-refractivity contribution is 5.79. The van der Waals surface area contributed by atoms with Crippen LogP contribution in [0.5, 0.6) is 0 Å². The molecule has 4 rings (SSSR count). The number of benzene rings is 1. The Morgan fingerprint density at radius 1 is 1.29 bits per heavy atom. The van der Waals surface area contributed by atoms with Gasteiger partial charge in [0.05, 0.1) is 18.6 Å². The number of hydrogen-bond donors (Lipinski definition) is 1. The Kier molecular flexibility index (Phi) is 6.02. The lowest BCUT2D eigenvalue weighted by atomic mass is 9.97. The molecule has 3 heterocycles. The molecule has 2 aromatic rings. The van der Waals surface area contributed by atoms with Crippen LogP contribution < -0.4 is 5.32 Å². The third kappa shape index (κ3) is 4.59. The quantitative estimate of drug-likeness (QED) is 0.824. The van der Waals surface area contributed by atoms with Crippen molar-refractivity contribution in [2.45, 2.75) is 45.3 Å². The van der Waals surface area contributed by atoms with Gasteiger partial charge in [-0.3, -0.25) is 9.69 Å². The fraction of sp³-hybridized carbons (Fsp3) is 0.571. The van der Waals surface area contributed by atoms with Gasteiger partial charge in [-0.25, -0.2) is 0 Å². The van der Waals surface area contributed by atoms with Crippen LogP contribution >= 0.6 is 0 Å². The molecule has 1 aromatic carbocycles. The summed E-state index contributed by atoms with van der Waals surface area (Å²) in [4.78, 5) is 19.3. The average molecular weight is 384 g/mol. The summed E-state index contributed by atoms with van der Waals surface area (Å²) in [6.45, 7) is 5.71. The molecule has 28 heavy (non-hydrogen) atoms. The molecule has 2 fully saturated rings. The van der Waals surface area contributed by atoms with Crippen LogP contribution in [0, 0.1) is 12.8 Å². The maximum Gasteiger partial charge on any atom is 0.241 e. The molecule has 2 aliphatic heterocycles. The Labute approximate surface area is 165 Å². The molecule has 2 saturated heterocycles. The third-order valence-electron chi connectivity index (χ3n) is 5.62. The number of carbonyl (C=O) groups excluding carboxylic acids is 1. The van der Waals surface area contributed by atoms with Crippen molar-refractivity contribution < 1.29 is 14.1 Å². The predicted molar refractivity (Wildman–Crippen MR) is 104 cm³/mol. The minimum atomic E-state index is 0.00825. The van der Waals surface area contributed by atoms with Crippen LogP contribution in [0.3, 0.4) is 0 Å². The summed E-state index contributed by atoms with van der Waals surface area (Å²) in [7, 11) is 0. The molecule has 0 spiro atoms. The fourth-order valence-corrected chi connectivity index (χ4v) is 4.02. The normalized spacial score (nSPS) is 23.0. The SMILES string of the molecule is Cc1ccccc1-c1noc(CN2CCCC(C(=O)NCC3CCCO3)C2)n1. The number of amides is 1. The van der Waals surface area contributed by atoms with Gasteiger partial charge in [0.1, 0.15) is 0 Å². The lowest BCUT2D eigenvalue weighted by Gasteiger charge is -2.31.